The maximum Gasteiger partial charge on any atom is 0.282 e. The van der Waals surface area contributed by atoms with Crippen molar-refractivity contribution in [1.82, 2.24) is 23.1 Å². The predicted molar refractivity (Wildman–Crippen MR) is 81.5 cm³/mol. The Labute approximate surface area is 133 Å². The second-order valence-electron chi connectivity index (χ2n) is 5.28. The van der Waals surface area contributed by atoms with Gasteiger partial charge < -0.3 is 0 Å². The molecule has 0 amide bonds. The summed E-state index contributed by atoms with van der Waals surface area (Å²) in [6, 6.07) is 0. The van der Waals surface area contributed by atoms with E-state index in [-0.39, 0.29) is 0 Å². The molecule has 0 aliphatic carbocycles. The Morgan fingerprint density at radius 2 is 1.67 bits per heavy atom. The summed E-state index contributed by atoms with van der Waals surface area (Å²) in [6.45, 7) is 4.38. The van der Waals surface area contributed by atoms with Crippen molar-refractivity contribution in [2.24, 2.45) is 0 Å². The molecule has 10 heteroatoms. The van der Waals surface area contributed by atoms with E-state index in [0.29, 0.717) is 50.1 Å². The van der Waals surface area contributed by atoms with E-state index < -0.39 is 10.2 Å². The SMILES string of the molecule is O=S(=O)(N1CCCC1)N1CCN(Cc2nnsc2Cl)CC1. The largest absolute Gasteiger partial charge is 0.295 e. The second-order valence-corrected chi connectivity index (χ2v) is 8.57. The summed E-state index contributed by atoms with van der Waals surface area (Å²) in [5.41, 5.74) is 0.775. The monoisotopic (exact) mass is 351 g/mol. The Morgan fingerprint density at radius 3 is 2.24 bits per heavy atom. The normalized spacial score (nSPS) is 22.9. The van der Waals surface area contributed by atoms with Crippen molar-refractivity contribution in [2.75, 3.05) is 39.3 Å². The minimum atomic E-state index is -3.27. The summed E-state index contributed by atoms with van der Waals surface area (Å²) in [6.07, 6.45) is 1.93. The molecule has 0 N–H and O–H groups in total. The Kier molecular flexibility index (Phi) is 4.77. The lowest BCUT2D eigenvalue weighted by Gasteiger charge is -2.35. The number of halogens is 1. The molecule has 118 valence electrons. The lowest BCUT2D eigenvalue weighted by atomic mass is 10.3. The van der Waals surface area contributed by atoms with Crippen LogP contribution in [0.2, 0.25) is 4.34 Å². The maximum absolute atomic E-state index is 12.5. The fourth-order valence-corrected chi connectivity index (χ4v) is 4.99. The molecular formula is C11H18ClN5O2S2. The number of hydrogen-bond acceptors (Lipinski definition) is 6. The van der Waals surface area contributed by atoms with Crippen molar-refractivity contribution in [3.63, 3.8) is 0 Å². The Morgan fingerprint density at radius 1 is 1.05 bits per heavy atom. The van der Waals surface area contributed by atoms with E-state index in [0.717, 1.165) is 18.5 Å². The van der Waals surface area contributed by atoms with Crippen LogP contribution < -0.4 is 0 Å². The highest BCUT2D eigenvalue weighted by molar-refractivity contribution is 7.86. The number of hydrogen-bond donors (Lipinski definition) is 0. The van der Waals surface area contributed by atoms with Gasteiger partial charge in [-0.2, -0.15) is 17.0 Å². The third kappa shape index (κ3) is 3.38. The average molecular weight is 352 g/mol. The predicted octanol–water partition coefficient (Wildman–Crippen LogP) is 0.650. The van der Waals surface area contributed by atoms with Gasteiger partial charge in [0.1, 0.15) is 10.0 Å². The fourth-order valence-electron chi connectivity index (χ4n) is 2.70. The molecule has 0 spiro atoms. The van der Waals surface area contributed by atoms with Gasteiger partial charge in [-0.15, -0.1) is 5.10 Å². The van der Waals surface area contributed by atoms with Gasteiger partial charge in [0.25, 0.3) is 10.2 Å². The van der Waals surface area contributed by atoms with Gasteiger partial charge in [0.2, 0.25) is 0 Å². The minimum absolute atomic E-state index is 0.522. The zero-order chi connectivity index (χ0) is 14.9. The smallest absolute Gasteiger partial charge is 0.282 e. The van der Waals surface area contributed by atoms with Crippen LogP contribution in [0, 0.1) is 0 Å². The van der Waals surface area contributed by atoms with Crippen LogP contribution in [-0.4, -0.2) is 70.8 Å². The molecule has 3 rings (SSSR count). The van der Waals surface area contributed by atoms with Crippen LogP contribution in [0.25, 0.3) is 0 Å². The first-order valence-electron chi connectivity index (χ1n) is 7.01. The molecule has 0 radical (unpaired) electrons. The van der Waals surface area contributed by atoms with E-state index in [1.807, 2.05) is 0 Å². The van der Waals surface area contributed by atoms with Crippen LogP contribution in [-0.2, 0) is 16.8 Å². The molecule has 21 heavy (non-hydrogen) atoms. The number of rotatable bonds is 4. The highest BCUT2D eigenvalue weighted by Gasteiger charge is 2.33. The molecule has 2 saturated heterocycles. The third-order valence-corrected chi connectivity index (χ3v) is 6.95. The summed E-state index contributed by atoms with van der Waals surface area (Å²) >= 11 is 7.18. The topological polar surface area (TPSA) is 69.6 Å². The van der Waals surface area contributed by atoms with E-state index in [1.54, 1.807) is 8.61 Å². The van der Waals surface area contributed by atoms with Crippen LogP contribution in [0.4, 0.5) is 0 Å². The minimum Gasteiger partial charge on any atom is -0.295 e. The quantitative estimate of drug-likeness (QED) is 0.796. The Balaban J connectivity index is 1.56. The van der Waals surface area contributed by atoms with Crippen molar-refractivity contribution in [2.45, 2.75) is 19.4 Å². The standard InChI is InChI=1S/C11H18ClN5O2S2/c12-11-10(13-14-20-11)9-15-5-7-17(8-6-15)21(18,19)16-3-1-2-4-16/h1-9H2. The first-order chi connectivity index (χ1) is 10.1. The average Bonchev–Trinajstić information content (AvgIpc) is 3.12. The van der Waals surface area contributed by atoms with Crippen LogP contribution in [0.1, 0.15) is 18.5 Å². The number of aromatic nitrogens is 2. The zero-order valence-electron chi connectivity index (χ0n) is 11.6. The molecular weight excluding hydrogens is 334 g/mol. The summed E-state index contributed by atoms with van der Waals surface area (Å²) in [4.78, 5) is 2.17. The molecule has 3 heterocycles. The summed E-state index contributed by atoms with van der Waals surface area (Å²) in [7, 11) is -3.27. The van der Waals surface area contributed by atoms with Gasteiger partial charge in [-0.3, -0.25) is 4.90 Å². The second kappa shape index (κ2) is 6.43. The van der Waals surface area contributed by atoms with E-state index in [4.69, 9.17) is 11.6 Å². The van der Waals surface area contributed by atoms with Crippen LogP contribution >= 0.6 is 23.1 Å². The molecule has 2 aliphatic heterocycles. The summed E-state index contributed by atoms with van der Waals surface area (Å²) < 4.78 is 32.5. The first kappa shape index (κ1) is 15.6. The van der Waals surface area contributed by atoms with Gasteiger partial charge in [0.15, 0.2) is 0 Å². The highest BCUT2D eigenvalue weighted by atomic mass is 35.5. The summed E-state index contributed by atoms with van der Waals surface area (Å²) in [5.74, 6) is 0. The molecule has 7 nitrogen and oxygen atoms in total. The van der Waals surface area contributed by atoms with Crippen LogP contribution in [0.5, 0.6) is 0 Å². The molecule has 0 unspecified atom stereocenters. The van der Waals surface area contributed by atoms with Crippen molar-refractivity contribution >= 4 is 33.3 Å². The van der Waals surface area contributed by atoms with Gasteiger partial charge in [0.05, 0.1) is 0 Å². The summed E-state index contributed by atoms with van der Waals surface area (Å²) in [5, 5.41) is 4.00. The Hall–Kier alpha value is -0.320. The molecule has 0 bridgehead atoms. The van der Waals surface area contributed by atoms with E-state index >= 15 is 0 Å². The maximum atomic E-state index is 12.5. The van der Waals surface area contributed by atoms with Crippen molar-refractivity contribution in [1.29, 1.82) is 0 Å². The van der Waals surface area contributed by atoms with Crippen LogP contribution in [0.15, 0.2) is 0 Å². The molecule has 2 fully saturated rings. The van der Waals surface area contributed by atoms with Gasteiger partial charge in [0, 0.05) is 57.3 Å². The van der Waals surface area contributed by atoms with Crippen LogP contribution in [0.3, 0.4) is 0 Å². The van der Waals surface area contributed by atoms with Gasteiger partial charge in [-0.1, -0.05) is 16.1 Å². The van der Waals surface area contributed by atoms with Crippen molar-refractivity contribution < 1.29 is 8.42 Å². The van der Waals surface area contributed by atoms with Crippen molar-refractivity contribution in [3.8, 4) is 0 Å². The molecule has 1 aromatic heterocycles. The number of piperazine rings is 1. The highest BCUT2D eigenvalue weighted by Crippen LogP contribution is 2.21. The van der Waals surface area contributed by atoms with Gasteiger partial charge in [-0.05, 0) is 12.8 Å². The molecule has 1 aromatic rings. The lowest BCUT2D eigenvalue weighted by Crippen LogP contribution is -2.52. The van der Waals surface area contributed by atoms with Crippen molar-refractivity contribution in [3.05, 3.63) is 10.0 Å². The molecule has 2 aliphatic rings. The molecule has 0 aromatic carbocycles. The Bertz CT molecular complexity index is 579. The van der Waals surface area contributed by atoms with Gasteiger partial charge >= 0.3 is 0 Å². The van der Waals surface area contributed by atoms with E-state index in [2.05, 4.69) is 14.5 Å². The fraction of sp³-hybridized carbons (Fsp3) is 0.818. The first-order valence-corrected chi connectivity index (χ1v) is 9.56. The molecule has 0 saturated carbocycles. The van der Waals surface area contributed by atoms with Gasteiger partial charge in [-0.25, -0.2) is 0 Å². The lowest BCUT2D eigenvalue weighted by molar-refractivity contribution is 0.174. The van der Waals surface area contributed by atoms with E-state index in [9.17, 15) is 8.42 Å². The zero-order valence-corrected chi connectivity index (χ0v) is 14.0. The third-order valence-electron chi connectivity index (χ3n) is 3.93. The number of nitrogens with zero attached hydrogens (tertiary/aromatic N) is 5. The van der Waals surface area contributed by atoms with E-state index in [1.165, 1.54) is 11.5 Å². The molecule has 0 atom stereocenters.